The molecule has 0 saturated carbocycles. The Bertz CT molecular complexity index is 448. The van der Waals surface area contributed by atoms with E-state index in [4.69, 9.17) is 4.74 Å². The number of hydrogen-bond acceptors (Lipinski definition) is 3. The quantitative estimate of drug-likeness (QED) is 0.778. The average Bonchev–Trinajstić information content (AvgIpc) is 2.45. The first-order valence-electron chi connectivity index (χ1n) is 7.48. The Labute approximate surface area is 121 Å². The number of nitrogens with one attached hydrogen (secondary N) is 1. The van der Waals surface area contributed by atoms with Crippen LogP contribution in [0.1, 0.15) is 33.1 Å². The van der Waals surface area contributed by atoms with E-state index in [0.717, 1.165) is 43.8 Å². The van der Waals surface area contributed by atoms with Crippen molar-refractivity contribution in [3.8, 4) is 5.75 Å². The van der Waals surface area contributed by atoms with Crippen LogP contribution in [0.2, 0.25) is 0 Å². The van der Waals surface area contributed by atoms with Gasteiger partial charge in [0.15, 0.2) is 6.61 Å². The number of anilines is 1. The van der Waals surface area contributed by atoms with Crippen LogP contribution in [-0.4, -0.2) is 31.6 Å². The largest absolute Gasteiger partial charge is 0.482 e. The minimum absolute atomic E-state index is 0.0587. The fraction of sp³-hybridized carbons (Fsp3) is 0.562. The Morgan fingerprint density at radius 2 is 2.15 bits per heavy atom. The van der Waals surface area contributed by atoms with Crippen LogP contribution < -0.4 is 15.0 Å². The molecule has 1 aromatic rings. The summed E-state index contributed by atoms with van der Waals surface area (Å²) in [6.45, 7) is 6.28. The van der Waals surface area contributed by atoms with Gasteiger partial charge in [-0.2, -0.15) is 0 Å². The van der Waals surface area contributed by atoms with Crippen molar-refractivity contribution in [1.29, 1.82) is 0 Å². The third-order valence-electron chi connectivity index (χ3n) is 3.63. The second-order valence-electron chi connectivity index (χ2n) is 5.26. The first kappa shape index (κ1) is 14.9. The number of nitrogens with zero attached hydrogens (tertiary/aromatic N) is 1. The van der Waals surface area contributed by atoms with Crippen molar-refractivity contribution in [2.45, 2.75) is 39.2 Å². The number of hydrogen-bond donors (Lipinski definition) is 1. The number of fused-ring (bicyclic) bond motifs is 1. The van der Waals surface area contributed by atoms with Gasteiger partial charge in [0.05, 0.1) is 5.69 Å². The van der Waals surface area contributed by atoms with Crippen LogP contribution in [-0.2, 0) is 4.79 Å². The lowest BCUT2D eigenvalue weighted by Gasteiger charge is -2.29. The van der Waals surface area contributed by atoms with Crippen LogP contribution >= 0.6 is 0 Å². The normalized spacial score (nSPS) is 15.7. The van der Waals surface area contributed by atoms with E-state index in [9.17, 15) is 4.79 Å². The maximum atomic E-state index is 12.0. The van der Waals surface area contributed by atoms with E-state index in [2.05, 4.69) is 19.2 Å². The van der Waals surface area contributed by atoms with Gasteiger partial charge < -0.3 is 15.0 Å². The Kier molecular flexibility index (Phi) is 5.41. The van der Waals surface area contributed by atoms with Crippen LogP contribution in [0.15, 0.2) is 24.3 Å². The highest BCUT2D eigenvalue weighted by Gasteiger charge is 2.24. The molecule has 1 atom stereocenters. The molecule has 110 valence electrons. The Morgan fingerprint density at radius 3 is 2.95 bits per heavy atom. The highest BCUT2D eigenvalue weighted by molar-refractivity contribution is 5.97. The topological polar surface area (TPSA) is 41.6 Å². The monoisotopic (exact) mass is 276 g/mol. The Balaban J connectivity index is 1.85. The molecule has 0 aromatic heterocycles. The van der Waals surface area contributed by atoms with Gasteiger partial charge in [0, 0.05) is 12.6 Å². The number of para-hydroxylation sites is 2. The third-order valence-corrected chi connectivity index (χ3v) is 3.63. The van der Waals surface area contributed by atoms with E-state index in [0.29, 0.717) is 6.04 Å². The van der Waals surface area contributed by atoms with Crippen molar-refractivity contribution >= 4 is 11.6 Å². The maximum Gasteiger partial charge on any atom is 0.265 e. The van der Waals surface area contributed by atoms with Gasteiger partial charge in [0.1, 0.15) is 5.75 Å². The van der Waals surface area contributed by atoms with E-state index < -0.39 is 0 Å². The molecule has 0 radical (unpaired) electrons. The highest BCUT2D eigenvalue weighted by Crippen LogP contribution is 2.31. The molecule has 0 saturated heterocycles. The van der Waals surface area contributed by atoms with Crippen molar-refractivity contribution in [3.63, 3.8) is 0 Å². The number of ether oxygens (including phenoxy) is 1. The van der Waals surface area contributed by atoms with E-state index in [1.165, 1.54) is 0 Å². The average molecular weight is 276 g/mol. The van der Waals surface area contributed by atoms with Gasteiger partial charge in [-0.15, -0.1) is 0 Å². The molecule has 4 nitrogen and oxygen atoms in total. The molecule has 1 unspecified atom stereocenters. The molecule has 1 amide bonds. The van der Waals surface area contributed by atoms with E-state index in [1.54, 1.807) is 0 Å². The summed E-state index contributed by atoms with van der Waals surface area (Å²) in [5.41, 5.74) is 0.906. The summed E-state index contributed by atoms with van der Waals surface area (Å²) in [5.74, 6) is 0.872. The van der Waals surface area contributed by atoms with Crippen molar-refractivity contribution in [2.24, 2.45) is 0 Å². The standard InChI is InChI=1S/C16H24N2O2/c1-3-17-13(2)8-6-7-11-18-14-9-4-5-10-15(14)20-12-16(18)19/h4-5,9-10,13,17H,3,6-8,11-12H2,1-2H3. The predicted molar refractivity (Wildman–Crippen MR) is 81.3 cm³/mol. The molecule has 4 heteroatoms. The van der Waals surface area contributed by atoms with Crippen LogP contribution in [0, 0.1) is 0 Å². The predicted octanol–water partition coefficient (Wildman–Crippen LogP) is 2.58. The van der Waals surface area contributed by atoms with Gasteiger partial charge in [-0.3, -0.25) is 4.79 Å². The zero-order valence-corrected chi connectivity index (χ0v) is 12.4. The molecular weight excluding hydrogens is 252 g/mol. The van der Waals surface area contributed by atoms with Gasteiger partial charge in [0.25, 0.3) is 5.91 Å². The molecule has 1 aliphatic rings. The van der Waals surface area contributed by atoms with Crippen LogP contribution in [0.3, 0.4) is 0 Å². The number of rotatable bonds is 7. The molecule has 1 heterocycles. The zero-order chi connectivity index (χ0) is 14.4. The lowest BCUT2D eigenvalue weighted by atomic mass is 10.1. The molecule has 1 aliphatic heterocycles. The summed E-state index contributed by atoms with van der Waals surface area (Å²) >= 11 is 0. The molecule has 0 spiro atoms. The number of benzene rings is 1. The van der Waals surface area contributed by atoms with Gasteiger partial charge >= 0.3 is 0 Å². The van der Waals surface area contributed by atoms with Crippen molar-refractivity contribution in [1.82, 2.24) is 5.32 Å². The zero-order valence-electron chi connectivity index (χ0n) is 12.4. The Hall–Kier alpha value is -1.55. The molecular formula is C16H24N2O2. The first-order valence-corrected chi connectivity index (χ1v) is 7.48. The summed E-state index contributed by atoms with van der Waals surface area (Å²) in [6.07, 6.45) is 3.30. The SMILES string of the molecule is CCNC(C)CCCCN1C(=O)COc2ccccc21. The van der Waals surface area contributed by atoms with E-state index in [1.807, 2.05) is 29.2 Å². The van der Waals surface area contributed by atoms with Crippen LogP contribution in [0.25, 0.3) is 0 Å². The lowest BCUT2D eigenvalue weighted by Crippen LogP contribution is -2.39. The first-order chi connectivity index (χ1) is 9.72. The molecule has 20 heavy (non-hydrogen) atoms. The third kappa shape index (κ3) is 3.73. The number of carbonyl (C=O) groups is 1. The van der Waals surface area contributed by atoms with Crippen LogP contribution in [0.4, 0.5) is 5.69 Å². The summed E-state index contributed by atoms with van der Waals surface area (Å²) in [7, 11) is 0. The van der Waals surface area contributed by atoms with Gasteiger partial charge in [-0.25, -0.2) is 0 Å². The molecule has 0 fully saturated rings. The fourth-order valence-electron chi connectivity index (χ4n) is 2.57. The maximum absolute atomic E-state index is 12.0. The summed E-state index contributed by atoms with van der Waals surface area (Å²) in [6, 6.07) is 8.30. The van der Waals surface area contributed by atoms with Gasteiger partial charge in [0.2, 0.25) is 0 Å². The second-order valence-corrected chi connectivity index (χ2v) is 5.26. The van der Waals surface area contributed by atoms with Gasteiger partial charge in [-0.1, -0.05) is 25.5 Å². The summed E-state index contributed by atoms with van der Waals surface area (Å²) < 4.78 is 5.44. The molecule has 0 bridgehead atoms. The number of carbonyl (C=O) groups excluding carboxylic acids is 1. The smallest absolute Gasteiger partial charge is 0.265 e. The molecule has 1 N–H and O–H groups in total. The minimum Gasteiger partial charge on any atom is -0.482 e. The van der Waals surface area contributed by atoms with E-state index >= 15 is 0 Å². The molecule has 0 aliphatic carbocycles. The molecule has 1 aromatic carbocycles. The second kappa shape index (κ2) is 7.29. The Morgan fingerprint density at radius 1 is 1.35 bits per heavy atom. The fourth-order valence-corrected chi connectivity index (χ4v) is 2.57. The van der Waals surface area contributed by atoms with Crippen molar-refractivity contribution < 1.29 is 9.53 Å². The van der Waals surface area contributed by atoms with Gasteiger partial charge in [-0.05, 0) is 38.4 Å². The summed E-state index contributed by atoms with van der Waals surface area (Å²) in [4.78, 5) is 13.8. The number of unbranched alkanes of at least 4 members (excludes halogenated alkanes) is 1. The lowest BCUT2D eigenvalue weighted by molar-refractivity contribution is -0.121. The number of amides is 1. The summed E-state index contributed by atoms with van der Waals surface area (Å²) in [5, 5.41) is 3.41. The molecule has 2 rings (SSSR count). The minimum atomic E-state index is 0.0587. The highest BCUT2D eigenvalue weighted by atomic mass is 16.5. The van der Waals surface area contributed by atoms with E-state index in [-0.39, 0.29) is 12.5 Å². The van der Waals surface area contributed by atoms with Crippen LogP contribution in [0.5, 0.6) is 5.75 Å². The van der Waals surface area contributed by atoms with Crippen molar-refractivity contribution in [2.75, 3.05) is 24.6 Å². The van der Waals surface area contributed by atoms with Crippen molar-refractivity contribution in [3.05, 3.63) is 24.3 Å².